The zero-order valence-corrected chi connectivity index (χ0v) is 7.50. The lowest BCUT2D eigenvalue weighted by atomic mass is 9.93. The third-order valence-corrected chi connectivity index (χ3v) is 2.20. The summed E-state index contributed by atoms with van der Waals surface area (Å²) in [5.74, 6) is 0. The highest BCUT2D eigenvalue weighted by Gasteiger charge is 2.54. The van der Waals surface area contributed by atoms with Crippen molar-refractivity contribution in [3.63, 3.8) is 0 Å². The zero-order valence-electron chi connectivity index (χ0n) is 7.50. The molecule has 0 aliphatic carbocycles. The minimum absolute atomic E-state index is 0.795. The molecule has 0 aromatic rings. The number of aliphatic hydroxyl groups is 5. The van der Waals surface area contributed by atoms with Crippen LogP contribution in [0.1, 0.15) is 0 Å². The highest BCUT2D eigenvalue weighted by atomic mass is 16.6. The van der Waals surface area contributed by atoms with E-state index in [0.29, 0.717) is 0 Å². The lowest BCUT2D eigenvalue weighted by Gasteiger charge is -2.43. The summed E-state index contributed by atoms with van der Waals surface area (Å²) in [5, 5.41) is 48.9. The minimum Gasteiger partial charge on any atom is -0.394 e. The molecule has 1 unspecified atom stereocenters. The highest BCUT2D eigenvalue weighted by Crippen LogP contribution is 2.30. The fourth-order valence-electron chi connectivity index (χ4n) is 1.32. The third kappa shape index (κ3) is 1.90. The fourth-order valence-corrected chi connectivity index (χ4v) is 1.32. The van der Waals surface area contributed by atoms with Crippen molar-refractivity contribution < 1.29 is 30.3 Å². The second-order valence-electron chi connectivity index (χ2n) is 3.11. The molecular weight excluding hydrogens is 210 g/mol. The Morgan fingerprint density at radius 3 is 2.47 bits per heavy atom. The van der Waals surface area contributed by atoms with Gasteiger partial charge in [-0.15, -0.1) is 0 Å². The second-order valence-corrected chi connectivity index (χ2v) is 3.11. The Bertz CT molecular complexity index is 278. The number of hydrogen-bond acceptors (Lipinski definition) is 7. The van der Waals surface area contributed by atoms with Gasteiger partial charge in [0, 0.05) is 4.91 Å². The van der Waals surface area contributed by atoms with Crippen molar-refractivity contribution in [3.8, 4) is 0 Å². The SMILES string of the molecule is [N-]=[N+]=N[C@]1(O)[C@H](O)[C@@H](O)C(O)O[C@@H]1CO. The Hall–Kier alpha value is -0.930. The molecule has 0 saturated carbocycles. The molecule has 9 nitrogen and oxygen atoms in total. The van der Waals surface area contributed by atoms with Gasteiger partial charge in [0.2, 0.25) is 5.72 Å². The minimum atomic E-state index is -2.51. The Kier molecular flexibility index (Phi) is 3.47. The monoisotopic (exact) mass is 221 g/mol. The van der Waals surface area contributed by atoms with Gasteiger partial charge in [-0.05, 0) is 5.53 Å². The summed E-state index contributed by atoms with van der Waals surface area (Å²) in [7, 11) is 0. The molecule has 9 heteroatoms. The van der Waals surface area contributed by atoms with Crippen LogP contribution in [0.3, 0.4) is 0 Å². The van der Waals surface area contributed by atoms with Crippen molar-refractivity contribution in [1.82, 2.24) is 0 Å². The molecule has 0 aromatic carbocycles. The number of hydrogen-bond donors (Lipinski definition) is 5. The van der Waals surface area contributed by atoms with Crippen LogP contribution in [-0.4, -0.2) is 62.5 Å². The Labute approximate surface area is 83.8 Å². The summed E-state index contributed by atoms with van der Waals surface area (Å²) < 4.78 is 4.57. The molecule has 1 aliphatic rings. The number of azide groups is 1. The predicted molar refractivity (Wildman–Crippen MR) is 44.1 cm³/mol. The third-order valence-electron chi connectivity index (χ3n) is 2.20. The summed E-state index contributed by atoms with van der Waals surface area (Å²) in [4.78, 5) is 2.27. The van der Waals surface area contributed by atoms with Gasteiger partial charge in [-0.25, -0.2) is 0 Å². The van der Waals surface area contributed by atoms with E-state index in [4.69, 9.17) is 15.7 Å². The lowest BCUT2D eigenvalue weighted by molar-refractivity contribution is -0.319. The second kappa shape index (κ2) is 4.29. The van der Waals surface area contributed by atoms with Gasteiger partial charge in [-0.2, -0.15) is 0 Å². The summed E-state index contributed by atoms with van der Waals surface area (Å²) in [5.41, 5.74) is 5.66. The molecule has 0 spiro atoms. The molecule has 1 fully saturated rings. The maximum absolute atomic E-state index is 9.66. The molecule has 15 heavy (non-hydrogen) atoms. The Balaban J connectivity index is 3.04. The van der Waals surface area contributed by atoms with E-state index in [1.54, 1.807) is 0 Å². The van der Waals surface area contributed by atoms with Gasteiger partial charge in [-0.3, -0.25) is 0 Å². The first-order valence-electron chi connectivity index (χ1n) is 4.06. The molecule has 1 heterocycles. The van der Waals surface area contributed by atoms with Crippen LogP contribution in [0.2, 0.25) is 0 Å². The van der Waals surface area contributed by atoms with Crippen molar-refractivity contribution in [2.75, 3.05) is 6.61 Å². The molecule has 0 radical (unpaired) electrons. The number of aliphatic hydroxyl groups excluding tert-OH is 4. The normalized spacial score (nSPS) is 45.9. The standard InChI is InChI=1S/C6H11N3O6/c7-9-8-6(14)2(1-10)15-5(13)3(11)4(6)12/h2-5,10-14H,1H2/t2-,3-,4-,5?,6-/m1/s1. The predicted octanol–water partition coefficient (Wildman–Crippen LogP) is -2.58. The Morgan fingerprint density at radius 2 is 2.00 bits per heavy atom. The van der Waals surface area contributed by atoms with Crippen LogP contribution in [0, 0.1) is 0 Å². The average Bonchev–Trinajstić information content (AvgIpc) is 2.21. The molecule has 1 rings (SSSR count). The van der Waals surface area contributed by atoms with Gasteiger partial charge < -0.3 is 30.3 Å². The van der Waals surface area contributed by atoms with Crippen molar-refractivity contribution in [1.29, 1.82) is 0 Å². The molecule has 1 aliphatic heterocycles. The summed E-state index contributed by atoms with van der Waals surface area (Å²) in [6.45, 7) is -0.795. The van der Waals surface area contributed by atoms with E-state index < -0.39 is 36.9 Å². The van der Waals surface area contributed by atoms with E-state index >= 15 is 0 Å². The van der Waals surface area contributed by atoms with Gasteiger partial charge in [0.25, 0.3) is 0 Å². The first kappa shape index (κ1) is 12.1. The Morgan fingerprint density at radius 1 is 1.40 bits per heavy atom. The van der Waals surface area contributed by atoms with Crippen molar-refractivity contribution in [2.45, 2.75) is 30.3 Å². The quantitative estimate of drug-likeness (QED) is 0.195. The van der Waals surface area contributed by atoms with Gasteiger partial charge in [0.05, 0.1) is 6.61 Å². The molecule has 0 aromatic heterocycles. The molecule has 0 amide bonds. The van der Waals surface area contributed by atoms with Crippen molar-refractivity contribution in [2.24, 2.45) is 5.11 Å². The van der Waals surface area contributed by atoms with Crippen LogP contribution in [-0.2, 0) is 4.74 Å². The van der Waals surface area contributed by atoms with E-state index in [0.717, 1.165) is 0 Å². The fraction of sp³-hybridized carbons (Fsp3) is 1.00. The first-order valence-corrected chi connectivity index (χ1v) is 4.06. The van der Waals surface area contributed by atoms with Gasteiger partial charge in [0.15, 0.2) is 6.29 Å². The van der Waals surface area contributed by atoms with Crippen LogP contribution in [0.15, 0.2) is 5.11 Å². The largest absolute Gasteiger partial charge is 0.394 e. The van der Waals surface area contributed by atoms with Crippen LogP contribution in [0.5, 0.6) is 0 Å². The van der Waals surface area contributed by atoms with Crippen molar-refractivity contribution in [3.05, 3.63) is 10.4 Å². The van der Waals surface area contributed by atoms with Crippen molar-refractivity contribution >= 4 is 0 Å². The molecular formula is C6H11N3O6. The summed E-state index contributed by atoms with van der Waals surface area (Å²) in [6.07, 6.45) is -7.06. The van der Waals surface area contributed by atoms with Crippen LogP contribution >= 0.6 is 0 Å². The van der Waals surface area contributed by atoms with Crippen LogP contribution in [0.25, 0.3) is 10.4 Å². The first-order chi connectivity index (χ1) is 6.97. The molecule has 5 atom stereocenters. The van der Waals surface area contributed by atoms with E-state index in [1.807, 2.05) is 0 Å². The summed E-state index contributed by atoms with van der Waals surface area (Å²) in [6, 6.07) is 0. The lowest BCUT2D eigenvalue weighted by Crippen LogP contribution is -2.65. The van der Waals surface area contributed by atoms with Gasteiger partial charge >= 0.3 is 0 Å². The van der Waals surface area contributed by atoms with Crippen LogP contribution < -0.4 is 0 Å². The van der Waals surface area contributed by atoms with Gasteiger partial charge in [-0.1, -0.05) is 5.11 Å². The smallest absolute Gasteiger partial charge is 0.200 e. The average molecular weight is 221 g/mol. The van der Waals surface area contributed by atoms with E-state index in [-0.39, 0.29) is 0 Å². The molecule has 86 valence electrons. The highest BCUT2D eigenvalue weighted by molar-refractivity contribution is 4.99. The topological polar surface area (TPSA) is 159 Å². The molecule has 1 saturated heterocycles. The van der Waals surface area contributed by atoms with E-state index in [1.165, 1.54) is 0 Å². The zero-order chi connectivity index (χ0) is 11.6. The summed E-state index contributed by atoms with van der Waals surface area (Å²) >= 11 is 0. The molecule has 0 bridgehead atoms. The number of rotatable bonds is 2. The molecule has 5 N–H and O–H groups in total. The number of nitrogens with zero attached hydrogens (tertiary/aromatic N) is 3. The number of ether oxygens (including phenoxy) is 1. The van der Waals surface area contributed by atoms with Gasteiger partial charge in [0.1, 0.15) is 18.3 Å². The van der Waals surface area contributed by atoms with E-state index in [2.05, 4.69) is 14.8 Å². The van der Waals surface area contributed by atoms with E-state index in [9.17, 15) is 15.3 Å². The van der Waals surface area contributed by atoms with Crippen LogP contribution in [0.4, 0.5) is 0 Å². The maximum atomic E-state index is 9.66. The maximum Gasteiger partial charge on any atom is 0.200 e.